The fourth-order valence-corrected chi connectivity index (χ4v) is 2.17. The summed E-state index contributed by atoms with van der Waals surface area (Å²) in [4.78, 5) is 18.2. The molecule has 0 aromatic carbocycles. The third-order valence-electron chi connectivity index (χ3n) is 2.67. The maximum absolute atomic E-state index is 12.1. The molecule has 5 heteroatoms. The third kappa shape index (κ3) is 2.80. The highest BCUT2D eigenvalue weighted by Crippen LogP contribution is 2.13. The molecule has 16 heavy (non-hydrogen) atoms. The van der Waals surface area contributed by atoms with Crippen LogP contribution in [0.3, 0.4) is 0 Å². The highest BCUT2D eigenvalue weighted by molar-refractivity contribution is 7.09. The lowest BCUT2D eigenvalue weighted by Crippen LogP contribution is -2.38. The topological polar surface area (TPSA) is 59.2 Å². The van der Waals surface area contributed by atoms with Gasteiger partial charge < -0.3 is 10.6 Å². The van der Waals surface area contributed by atoms with Gasteiger partial charge in [0.25, 0.3) is 5.91 Å². The van der Waals surface area contributed by atoms with Gasteiger partial charge in [-0.25, -0.2) is 4.98 Å². The van der Waals surface area contributed by atoms with Crippen LogP contribution in [0, 0.1) is 0 Å². The molecular formula is C11H19N3OS. The molecule has 0 radical (unpaired) electrons. The Labute approximate surface area is 100 Å². The smallest absolute Gasteiger partial charge is 0.273 e. The van der Waals surface area contributed by atoms with Gasteiger partial charge in [0, 0.05) is 24.5 Å². The normalized spacial score (nSPS) is 12.5. The molecule has 0 bridgehead atoms. The second kappa shape index (κ2) is 5.96. The predicted octanol–water partition coefficient (Wildman–Crippen LogP) is 1.86. The van der Waals surface area contributed by atoms with Crippen molar-refractivity contribution < 1.29 is 4.79 Å². The molecule has 0 aliphatic carbocycles. The van der Waals surface area contributed by atoms with Crippen molar-refractivity contribution in [2.24, 2.45) is 5.73 Å². The number of hydrogen-bond acceptors (Lipinski definition) is 4. The summed E-state index contributed by atoms with van der Waals surface area (Å²) in [6.07, 6.45) is 0.952. The van der Waals surface area contributed by atoms with E-state index in [0.29, 0.717) is 18.8 Å². The molecule has 2 N–H and O–H groups in total. The van der Waals surface area contributed by atoms with Crippen LogP contribution in [0.1, 0.15) is 42.7 Å². The van der Waals surface area contributed by atoms with Gasteiger partial charge in [-0.1, -0.05) is 6.92 Å². The van der Waals surface area contributed by atoms with Gasteiger partial charge in [0.2, 0.25) is 0 Å². The number of nitrogens with two attached hydrogens (primary N) is 1. The molecule has 0 aliphatic rings. The summed E-state index contributed by atoms with van der Waals surface area (Å²) in [6, 6.07) is 0.250. The number of nitrogens with zero attached hydrogens (tertiary/aromatic N) is 2. The number of carbonyl (C=O) groups excluding carboxylic acids is 1. The van der Waals surface area contributed by atoms with E-state index in [9.17, 15) is 4.79 Å². The predicted molar refractivity (Wildman–Crippen MR) is 66.5 cm³/mol. The molecule has 0 spiro atoms. The van der Waals surface area contributed by atoms with E-state index >= 15 is 0 Å². The minimum Gasteiger partial charge on any atom is -0.335 e. The summed E-state index contributed by atoms with van der Waals surface area (Å²) in [5, 5.41) is 2.60. The maximum atomic E-state index is 12.1. The first-order valence-corrected chi connectivity index (χ1v) is 6.47. The lowest BCUT2D eigenvalue weighted by molar-refractivity contribution is 0.0694. The number of aromatic nitrogens is 1. The van der Waals surface area contributed by atoms with Crippen molar-refractivity contribution in [3.8, 4) is 0 Å². The fraction of sp³-hybridized carbons (Fsp3) is 0.636. The van der Waals surface area contributed by atoms with Crippen LogP contribution in [-0.4, -0.2) is 28.4 Å². The number of carbonyl (C=O) groups is 1. The molecular weight excluding hydrogens is 222 g/mol. The molecule has 90 valence electrons. The first kappa shape index (κ1) is 13.1. The van der Waals surface area contributed by atoms with E-state index in [2.05, 4.69) is 18.8 Å². The van der Waals surface area contributed by atoms with Crippen molar-refractivity contribution in [2.45, 2.75) is 39.8 Å². The van der Waals surface area contributed by atoms with Crippen molar-refractivity contribution in [3.63, 3.8) is 0 Å². The van der Waals surface area contributed by atoms with Gasteiger partial charge in [-0.3, -0.25) is 4.79 Å². The van der Waals surface area contributed by atoms with Crippen LogP contribution in [0.5, 0.6) is 0 Å². The van der Waals surface area contributed by atoms with E-state index in [1.807, 2.05) is 11.8 Å². The Morgan fingerprint density at radius 1 is 1.62 bits per heavy atom. The van der Waals surface area contributed by atoms with E-state index in [-0.39, 0.29) is 11.9 Å². The van der Waals surface area contributed by atoms with E-state index in [1.54, 1.807) is 5.38 Å². The van der Waals surface area contributed by atoms with Crippen LogP contribution < -0.4 is 5.73 Å². The molecule has 1 atom stereocenters. The zero-order valence-corrected chi connectivity index (χ0v) is 10.9. The molecule has 0 fully saturated rings. The van der Waals surface area contributed by atoms with E-state index < -0.39 is 0 Å². The molecule has 0 aliphatic heterocycles. The Bertz CT molecular complexity index is 351. The number of thiazole rings is 1. The van der Waals surface area contributed by atoms with Gasteiger partial charge in [0.05, 0.1) is 0 Å². The maximum Gasteiger partial charge on any atom is 0.273 e. The fourth-order valence-electron chi connectivity index (χ4n) is 1.53. The highest BCUT2D eigenvalue weighted by Gasteiger charge is 2.20. The van der Waals surface area contributed by atoms with Crippen molar-refractivity contribution in [2.75, 3.05) is 6.54 Å². The summed E-state index contributed by atoms with van der Waals surface area (Å²) in [6.45, 7) is 7.22. The summed E-state index contributed by atoms with van der Waals surface area (Å²) in [5.41, 5.74) is 6.00. The van der Waals surface area contributed by atoms with E-state index in [4.69, 9.17) is 5.73 Å². The Balaban J connectivity index is 2.82. The van der Waals surface area contributed by atoms with Crippen molar-refractivity contribution in [1.29, 1.82) is 0 Å². The zero-order chi connectivity index (χ0) is 12.1. The zero-order valence-electron chi connectivity index (χ0n) is 10.1. The molecule has 0 saturated carbocycles. The number of amides is 1. The summed E-state index contributed by atoms with van der Waals surface area (Å²) in [7, 11) is 0. The van der Waals surface area contributed by atoms with E-state index in [1.165, 1.54) is 11.3 Å². The van der Waals surface area contributed by atoms with Crippen LogP contribution in [0.15, 0.2) is 5.38 Å². The molecule has 1 aromatic heterocycles. The lowest BCUT2D eigenvalue weighted by atomic mass is 10.2. The van der Waals surface area contributed by atoms with Gasteiger partial charge >= 0.3 is 0 Å². The second-order valence-electron chi connectivity index (χ2n) is 3.68. The van der Waals surface area contributed by atoms with Crippen LogP contribution in [0.25, 0.3) is 0 Å². The average molecular weight is 241 g/mol. The molecule has 0 saturated heterocycles. The molecule has 1 heterocycles. The Morgan fingerprint density at radius 3 is 2.75 bits per heavy atom. The number of rotatable bonds is 5. The summed E-state index contributed by atoms with van der Waals surface area (Å²) in [5.74, 6) is 0.00722. The van der Waals surface area contributed by atoms with Crippen molar-refractivity contribution in [3.05, 3.63) is 16.1 Å². The highest BCUT2D eigenvalue weighted by atomic mass is 32.1. The SMILES string of the molecule is CCC(C)N(CC)C(=O)c1csc(CN)n1. The van der Waals surface area contributed by atoms with Gasteiger partial charge in [-0.15, -0.1) is 11.3 Å². The molecule has 1 amide bonds. The van der Waals surface area contributed by atoms with Crippen molar-refractivity contribution >= 4 is 17.2 Å². The summed E-state index contributed by atoms with van der Waals surface area (Å²) < 4.78 is 0. The first-order valence-electron chi connectivity index (χ1n) is 5.59. The molecule has 1 rings (SSSR count). The van der Waals surface area contributed by atoms with Crippen LogP contribution >= 0.6 is 11.3 Å². The Hall–Kier alpha value is -0.940. The minimum atomic E-state index is 0.00722. The van der Waals surface area contributed by atoms with Gasteiger partial charge in [0.15, 0.2) is 0 Å². The molecule has 1 aromatic rings. The van der Waals surface area contributed by atoms with Crippen molar-refractivity contribution in [1.82, 2.24) is 9.88 Å². The Morgan fingerprint density at radius 2 is 2.31 bits per heavy atom. The largest absolute Gasteiger partial charge is 0.335 e. The van der Waals surface area contributed by atoms with Crippen LogP contribution in [-0.2, 0) is 6.54 Å². The second-order valence-corrected chi connectivity index (χ2v) is 4.62. The molecule has 1 unspecified atom stereocenters. The number of hydrogen-bond donors (Lipinski definition) is 1. The first-order chi connectivity index (χ1) is 7.63. The monoisotopic (exact) mass is 241 g/mol. The van der Waals surface area contributed by atoms with Gasteiger partial charge in [-0.05, 0) is 20.3 Å². The lowest BCUT2D eigenvalue weighted by Gasteiger charge is -2.26. The minimum absolute atomic E-state index is 0.00722. The van der Waals surface area contributed by atoms with Gasteiger partial charge in [-0.2, -0.15) is 0 Å². The molecule has 4 nitrogen and oxygen atoms in total. The Kier molecular flexibility index (Phi) is 4.89. The average Bonchev–Trinajstić information content (AvgIpc) is 2.78. The van der Waals surface area contributed by atoms with Gasteiger partial charge in [0.1, 0.15) is 10.7 Å². The summed E-state index contributed by atoms with van der Waals surface area (Å²) >= 11 is 1.44. The van der Waals surface area contributed by atoms with E-state index in [0.717, 1.165) is 11.4 Å². The quantitative estimate of drug-likeness (QED) is 0.856. The van der Waals surface area contributed by atoms with Crippen LogP contribution in [0.2, 0.25) is 0 Å². The van der Waals surface area contributed by atoms with Crippen LogP contribution in [0.4, 0.5) is 0 Å². The standard InChI is InChI=1S/C11H19N3OS/c1-4-8(3)14(5-2)11(15)9-7-16-10(6-12)13-9/h7-8H,4-6,12H2,1-3H3. The third-order valence-corrected chi connectivity index (χ3v) is 3.54.